The van der Waals surface area contributed by atoms with Crippen LogP contribution in [-0.4, -0.2) is 39.9 Å². The van der Waals surface area contributed by atoms with E-state index in [0.717, 1.165) is 18.3 Å². The molecule has 2 aromatic rings. The summed E-state index contributed by atoms with van der Waals surface area (Å²) >= 11 is 0. The monoisotopic (exact) mass is 336 g/mol. The molecular formula is C16H15F3N4O. The van der Waals surface area contributed by atoms with Gasteiger partial charge in [-0.1, -0.05) is 6.07 Å². The summed E-state index contributed by atoms with van der Waals surface area (Å²) in [5.74, 6) is -0.0288. The number of nitrogens with zero attached hydrogens (tertiary/aromatic N) is 3. The van der Waals surface area contributed by atoms with Crippen LogP contribution in [0.1, 0.15) is 22.5 Å². The van der Waals surface area contributed by atoms with Gasteiger partial charge in [-0.05, 0) is 30.7 Å². The van der Waals surface area contributed by atoms with Crippen LogP contribution in [0.2, 0.25) is 0 Å². The Morgan fingerprint density at radius 1 is 1.21 bits per heavy atom. The number of aromatic nitrogens is 2. The van der Waals surface area contributed by atoms with E-state index in [1.165, 1.54) is 0 Å². The molecule has 0 aromatic carbocycles. The Morgan fingerprint density at radius 3 is 2.75 bits per heavy atom. The van der Waals surface area contributed by atoms with Crippen LogP contribution in [-0.2, 0) is 6.18 Å². The van der Waals surface area contributed by atoms with Crippen molar-refractivity contribution in [3.63, 3.8) is 0 Å². The molecule has 1 saturated heterocycles. The minimum Gasteiger partial charge on any atom is -0.365 e. The molecule has 1 unspecified atom stereocenters. The highest BCUT2D eigenvalue weighted by Gasteiger charge is 2.32. The van der Waals surface area contributed by atoms with Gasteiger partial charge in [0.2, 0.25) is 0 Å². The molecule has 1 atom stereocenters. The Labute approximate surface area is 136 Å². The molecule has 1 fully saturated rings. The first-order valence-corrected chi connectivity index (χ1v) is 7.43. The molecule has 3 rings (SSSR count). The first-order valence-electron chi connectivity index (χ1n) is 7.43. The lowest BCUT2D eigenvalue weighted by Crippen LogP contribution is -2.32. The predicted molar refractivity (Wildman–Crippen MR) is 81.4 cm³/mol. The molecule has 5 nitrogen and oxygen atoms in total. The van der Waals surface area contributed by atoms with Gasteiger partial charge in [0.15, 0.2) is 0 Å². The number of halogens is 3. The van der Waals surface area contributed by atoms with Gasteiger partial charge in [-0.25, -0.2) is 4.98 Å². The fraction of sp³-hybridized carbons (Fsp3) is 0.312. The minimum atomic E-state index is -4.41. The summed E-state index contributed by atoms with van der Waals surface area (Å²) in [5, 5.41) is 2.96. The lowest BCUT2D eigenvalue weighted by molar-refractivity contribution is -0.137. The van der Waals surface area contributed by atoms with Crippen molar-refractivity contribution < 1.29 is 18.0 Å². The number of carbonyl (C=O) groups is 1. The van der Waals surface area contributed by atoms with Gasteiger partial charge in [0, 0.05) is 31.5 Å². The van der Waals surface area contributed by atoms with E-state index >= 15 is 0 Å². The number of nitrogens with one attached hydrogen (secondary N) is 1. The lowest BCUT2D eigenvalue weighted by atomic mass is 10.2. The maximum Gasteiger partial charge on any atom is 0.416 e. The van der Waals surface area contributed by atoms with Crippen LogP contribution in [0.25, 0.3) is 0 Å². The van der Waals surface area contributed by atoms with Gasteiger partial charge in [-0.2, -0.15) is 13.2 Å². The van der Waals surface area contributed by atoms with Crippen molar-refractivity contribution in [2.45, 2.75) is 18.6 Å². The van der Waals surface area contributed by atoms with Crippen LogP contribution in [0, 0.1) is 0 Å². The molecule has 0 aliphatic carbocycles. The number of likely N-dealkylation sites (tertiary alicyclic amines) is 1. The number of pyridine rings is 2. The van der Waals surface area contributed by atoms with E-state index in [2.05, 4.69) is 15.3 Å². The molecule has 0 saturated carbocycles. The second kappa shape index (κ2) is 6.46. The first kappa shape index (κ1) is 16.2. The molecule has 1 aliphatic rings. The fourth-order valence-electron chi connectivity index (χ4n) is 2.61. The summed E-state index contributed by atoms with van der Waals surface area (Å²) in [6.45, 7) is 0.916. The molecule has 3 heterocycles. The Balaban J connectivity index is 1.64. The molecule has 8 heteroatoms. The predicted octanol–water partition coefficient (Wildman–Crippen LogP) is 2.82. The summed E-state index contributed by atoms with van der Waals surface area (Å²) in [4.78, 5) is 21.9. The highest BCUT2D eigenvalue weighted by Crippen LogP contribution is 2.30. The van der Waals surface area contributed by atoms with Gasteiger partial charge < -0.3 is 10.2 Å². The SMILES string of the molecule is O=C(c1ccccn1)N1CCC(Nc2cc(C(F)(F)F)ccn2)C1. The van der Waals surface area contributed by atoms with E-state index in [9.17, 15) is 18.0 Å². The van der Waals surface area contributed by atoms with E-state index in [1.54, 1.807) is 29.3 Å². The van der Waals surface area contributed by atoms with Crippen molar-refractivity contribution in [3.8, 4) is 0 Å². The van der Waals surface area contributed by atoms with Crippen LogP contribution in [0.15, 0.2) is 42.7 Å². The Bertz CT molecular complexity index is 721. The lowest BCUT2D eigenvalue weighted by Gasteiger charge is -2.17. The smallest absolute Gasteiger partial charge is 0.365 e. The summed E-state index contributed by atoms with van der Waals surface area (Å²) in [7, 11) is 0. The van der Waals surface area contributed by atoms with Crippen molar-refractivity contribution in [1.29, 1.82) is 0 Å². The van der Waals surface area contributed by atoms with E-state index in [4.69, 9.17) is 0 Å². The Hall–Kier alpha value is -2.64. The minimum absolute atomic E-state index is 0.145. The molecule has 1 N–H and O–H groups in total. The molecule has 24 heavy (non-hydrogen) atoms. The zero-order valence-corrected chi connectivity index (χ0v) is 12.6. The summed E-state index contributed by atoms with van der Waals surface area (Å²) in [5.41, 5.74) is -0.394. The van der Waals surface area contributed by atoms with Crippen molar-refractivity contribution in [3.05, 3.63) is 54.0 Å². The van der Waals surface area contributed by atoms with E-state index in [1.807, 2.05) is 0 Å². The van der Waals surface area contributed by atoms with Gasteiger partial charge in [0.25, 0.3) is 5.91 Å². The van der Waals surface area contributed by atoms with Crippen molar-refractivity contribution in [2.75, 3.05) is 18.4 Å². The van der Waals surface area contributed by atoms with Crippen LogP contribution in [0.4, 0.5) is 19.0 Å². The van der Waals surface area contributed by atoms with Crippen molar-refractivity contribution in [2.24, 2.45) is 0 Å². The number of amides is 1. The zero-order valence-electron chi connectivity index (χ0n) is 12.6. The summed E-state index contributed by atoms with van der Waals surface area (Å²) in [6.07, 6.45) is -1.10. The third-order valence-electron chi connectivity index (χ3n) is 3.80. The highest BCUT2D eigenvalue weighted by molar-refractivity contribution is 5.92. The van der Waals surface area contributed by atoms with Crippen molar-refractivity contribution >= 4 is 11.7 Å². The normalized spacial score (nSPS) is 17.8. The van der Waals surface area contributed by atoms with Crippen molar-refractivity contribution in [1.82, 2.24) is 14.9 Å². The molecule has 0 bridgehead atoms. The topological polar surface area (TPSA) is 58.1 Å². The molecule has 0 radical (unpaired) electrons. The number of hydrogen-bond acceptors (Lipinski definition) is 4. The second-order valence-electron chi connectivity index (χ2n) is 5.52. The fourth-order valence-corrected chi connectivity index (χ4v) is 2.61. The Kier molecular flexibility index (Phi) is 4.37. The van der Waals surface area contributed by atoms with Gasteiger partial charge in [0.05, 0.1) is 5.56 Å². The quantitative estimate of drug-likeness (QED) is 0.936. The zero-order chi connectivity index (χ0) is 17.2. The largest absolute Gasteiger partial charge is 0.416 e. The van der Waals surface area contributed by atoms with Gasteiger partial charge in [0.1, 0.15) is 11.5 Å². The number of hydrogen-bond donors (Lipinski definition) is 1. The molecular weight excluding hydrogens is 321 g/mol. The van der Waals surface area contributed by atoms with Crippen LogP contribution in [0.3, 0.4) is 0 Å². The van der Waals surface area contributed by atoms with Gasteiger partial charge >= 0.3 is 6.18 Å². The highest BCUT2D eigenvalue weighted by atomic mass is 19.4. The molecule has 0 spiro atoms. The van der Waals surface area contributed by atoms with Crippen LogP contribution >= 0.6 is 0 Å². The molecule has 126 valence electrons. The van der Waals surface area contributed by atoms with E-state index in [-0.39, 0.29) is 17.8 Å². The standard InChI is InChI=1S/C16H15F3N4O/c17-16(18,19)11-4-7-21-14(9-11)22-12-5-8-23(10-12)15(24)13-3-1-2-6-20-13/h1-4,6-7,9,12H,5,8,10H2,(H,21,22). The summed E-state index contributed by atoms with van der Waals surface area (Å²) in [6, 6.07) is 6.86. The van der Waals surface area contributed by atoms with E-state index < -0.39 is 11.7 Å². The second-order valence-corrected chi connectivity index (χ2v) is 5.52. The van der Waals surface area contributed by atoms with E-state index in [0.29, 0.717) is 25.2 Å². The average molecular weight is 336 g/mol. The van der Waals surface area contributed by atoms with Crippen LogP contribution in [0.5, 0.6) is 0 Å². The average Bonchev–Trinajstić information content (AvgIpc) is 3.03. The maximum absolute atomic E-state index is 12.7. The number of anilines is 1. The van der Waals surface area contributed by atoms with Gasteiger partial charge in [-0.15, -0.1) is 0 Å². The Morgan fingerprint density at radius 2 is 2.04 bits per heavy atom. The number of carbonyl (C=O) groups excluding carboxylic acids is 1. The molecule has 1 amide bonds. The first-order chi connectivity index (χ1) is 11.4. The summed E-state index contributed by atoms with van der Waals surface area (Å²) < 4.78 is 38.2. The number of alkyl halides is 3. The third-order valence-corrected chi connectivity index (χ3v) is 3.80. The maximum atomic E-state index is 12.7. The van der Waals surface area contributed by atoms with Crippen LogP contribution < -0.4 is 5.32 Å². The third kappa shape index (κ3) is 3.64. The van der Waals surface area contributed by atoms with Gasteiger partial charge in [-0.3, -0.25) is 9.78 Å². The molecule has 1 aliphatic heterocycles. The molecule has 2 aromatic heterocycles. The number of rotatable bonds is 3.